The molecular weight excluding hydrogens is 248 g/mol. The van der Waals surface area contributed by atoms with Crippen molar-refractivity contribution < 1.29 is 18.3 Å². The molecule has 96 valence electrons. The zero-order valence-electron chi connectivity index (χ0n) is 9.49. The Morgan fingerprint density at radius 2 is 2.12 bits per heavy atom. The van der Waals surface area contributed by atoms with Gasteiger partial charge in [-0.25, -0.2) is 0 Å². The Hall–Kier alpha value is -1.01. The van der Waals surface area contributed by atoms with Crippen molar-refractivity contribution in [2.24, 2.45) is 5.73 Å². The van der Waals surface area contributed by atoms with Crippen LogP contribution in [0.15, 0.2) is 18.2 Å². The van der Waals surface area contributed by atoms with E-state index in [1.54, 1.807) is 23.9 Å². The van der Waals surface area contributed by atoms with Gasteiger partial charge < -0.3 is 15.2 Å². The Morgan fingerprint density at radius 3 is 2.71 bits per heavy atom. The van der Waals surface area contributed by atoms with E-state index in [2.05, 4.69) is 4.74 Å². The number of nitrogens with two attached hydrogens (primary N) is 1. The fourth-order valence-electron chi connectivity index (χ4n) is 1.27. The molecular formula is C11H15F2NO2S. The quantitative estimate of drug-likeness (QED) is 0.768. The smallest absolute Gasteiger partial charge is 0.387 e. The second kappa shape index (κ2) is 7.34. The van der Waals surface area contributed by atoms with Crippen LogP contribution in [0.5, 0.6) is 11.5 Å². The largest absolute Gasteiger partial charge is 0.493 e. The van der Waals surface area contributed by atoms with E-state index in [-0.39, 0.29) is 5.75 Å². The van der Waals surface area contributed by atoms with Gasteiger partial charge in [0, 0.05) is 18.1 Å². The Bertz CT molecular complexity index is 350. The van der Waals surface area contributed by atoms with Crippen molar-refractivity contribution in [3.05, 3.63) is 23.8 Å². The van der Waals surface area contributed by atoms with Crippen molar-refractivity contribution >= 4 is 11.8 Å². The maximum atomic E-state index is 12.1. The summed E-state index contributed by atoms with van der Waals surface area (Å²) in [6.45, 7) is -2.23. The number of alkyl halides is 2. The van der Waals surface area contributed by atoms with Crippen LogP contribution < -0.4 is 15.2 Å². The summed E-state index contributed by atoms with van der Waals surface area (Å²) in [7, 11) is 1.42. The molecule has 0 bridgehead atoms. The second-order valence-electron chi connectivity index (χ2n) is 3.20. The Labute approximate surface area is 103 Å². The molecule has 0 unspecified atom stereocenters. The van der Waals surface area contributed by atoms with Crippen LogP contribution in [0.2, 0.25) is 0 Å². The van der Waals surface area contributed by atoms with E-state index >= 15 is 0 Å². The predicted molar refractivity (Wildman–Crippen MR) is 64.8 cm³/mol. The number of halogens is 2. The van der Waals surface area contributed by atoms with Gasteiger partial charge in [0.2, 0.25) is 0 Å². The number of rotatable bonds is 7. The summed E-state index contributed by atoms with van der Waals surface area (Å²) in [4.78, 5) is 0. The van der Waals surface area contributed by atoms with Crippen molar-refractivity contribution in [1.29, 1.82) is 0 Å². The maximum Gasteiger partial charge on any atom is 0.387 e. The highest BCUT2D eigenvalue weighted by molar-refractivity contribution is 7.98. The SMILES string of the molecule is COc1cc(CSCCN)ccc1OC(F)F. The molecule has 0 spiro atoms. The lowest BCUT2D eigenvalue weighted by molar-refractivity contribution is -0.0512. The molecule has 0 atom stereocenters. The van der Waals surface area contributed by atoms with Crippen LogP contribution in [0.25, 0.3) is 0 Å². The van der Waals surface area contributed by atoms with E-state index in [9.17, 15) is 8.78 Å². The summed E-state index contributed by atoms with van der Waals surface area (Å²) >= 11 is 1.68. The van der Waals surface area contributed by atoms with Gasteiger partial charge in [0.15, 0.2) is 11.5 Å². The van der Waals surface area contributed by atoms with Crippen molar-refractivity contribution in [3.63, 3.8) is 0 Å². The molecule has 0 saturated heterocycles. The summed E-state index contributed by atoms with van der Waals surface area (Å²) in [5, 5.41) is 0. The van der Waals surface area contributed by atoms with Gasteiger partial charge in [0.1, 0.15) is 0 Å². The standard InChI is InChI=1S/C11H15F2NO2S/c1-15-10-6-8(7-17-5-4-14)2-3-9(10)16-11(12)13/h2-3,6,11H,4-5,7,14H2,1H3. The van der Waals surface area contributed by atoms with Crippen LogP contribution >= 0.6 is 11.8 Å². The number of benzene rings is 1. The normalized spacial score (nSPS) is 10.6. The molecule has 0 amide bonds. The molecule has 1 aromatic carbocycles. The van der Waals surface area contributed by atoms with Crippen LogP contribution in [0.1, 0.15) is 5.56 Å². The number of methoxy groups -OCH3 is 1. The average molecular weight is 263 g/mol. The minimum absolute atomic E-state index is 0.0510. The lowest BCUT2D eigenvalue weighted by atomic mass is 10.2. The Morgan fingerprint density at radius 1 is 1.35 bits per heavy atom. The van der Waals surface area contributed by atoms with E-state index < -0.39 is 6.61 Å². The van der Waals surface area contributed by atoms with Crippen molar-refractivity contribution in [3.8, 4) is 11.5 Å². The molecule has 0 fully saturated rings. The molecule has 1 rings (SSSR count). The summed E-state index contributed by atoms with van der Waals surface area (Å²) in [5.74, 6) is 1.99. The van der Waals surface area contributed by atoms with Crippen molar-refractivity contribution in [2.45, 2.75) is 12.4 Å². The zero-order chi connectivity index (χ0) is 12.7. The third-order valence-electron chi connectivity index (χ3n) is 1.98. The van der Waals surface area contributed by atoms with Gasteiger partial charge in [0.05, 0.1) is 7.11 Å². The van der Waals surface area contributed by atoms with Crippen molar-refractivity contribution in [2.75, 3.05) is 19.4 Å². The summed E-state index contributed by atoms with van der Waals surface area (Å²) in [6.07, 6.45) is 0. The first kappa shape index (κ1) is 14.1. The first-order chi connectivity index (χ1) is 8.17. The monoisotopic (exact) mass is 263 g/mol. The van der Waals surface area contributed by atoms with Crippen LogP contribution in [0.4, 0.5) is 8.78 Å². The third kappa shape index (κ3) is 4.79. The molecule has 2 N–H and O–H groups in total. The van der Waals surface area contributed by atoms with Gasteiger partial charge in [-0.2, -0.15) is 20.5 Å². The summed E-state index contributed by atoms with van der Waals surface area (Å²) in [6, 6.07) is 4.92. The minimum Gasteiger partial charge on any atom is -0.493 e. The maximum absolute atomic E-state index is 12.1. The first-order valence-electron chi connectivity index (χ1n) is 5.07. The van der Waals surface area contributed by atoms with E-state index in [0.717, 1.165) is 17.1 Å². The molecule has 0 aliphatic carbocycles. The fourth-order valence-corrected chi connectivity index (χ4v) is 1.99. The van der Waals surface area contributed by atoms with Crippen molar-refractivity contribution in [1.82, 2.24) is 0 Å². The molecule has 0 aliphatic heterocycles. The average Bonchev–Trinajstić information content (AvgIpc) is 2.30. The van der Waals surface area contributed by atoms with Crippen LogP contribution in [-0.4, -0.2) is 26.0 Å². The first-order valence-corrected chi connectivity index (χ1v) is 6.22. The molecule has 0 aliphatic rings. The van der Waals surface area contributed by atoms with Gasteiger partial charge in [-0.15, -0.1) is 0 Å². The van der Waals surface area contributed by atoms with Crippen LogP contribution in [-0.2, 0) is 5.75 Å². The Balaban J connectivity index is 2.70. The highest BCUT2D eigenvalue weighted by atomic mass is 32.2. The molecule has 17 heavy (non-hydrogen) atoms. The van der Waals surface area contributed by atoms with E-state index in [4.69, 9.17) is 10.5 Å². The van der Waals surface area contributed by atoms with E-state index in [1.165, 1.54) is 13.2 Å². The number of hydrogen-bond acceptors (Lipinski definition) is 4. The summed E-state index contributed by atoms with van der Waals surface area (Å²) < 4.78 is 33.5. The number of hydrogen-bond donors (Lipinski definition) is 1. The molecule has 0 heterocycles. The van der Waals surface area contributed by atoms with E-state index in [1.807, 2.05) is 0 Å². The molecule has 6 heteroatoms. The van der Waals surface area contributed by atoms with Gasteiger partial charge in [-0.1, -0.05) is 6.07 Å². The number of thioether (sulfide) groups is 1. The predicted octanol–water partition coefficient (Wildman–Crippen LogP) is 2.49. The minimum atomic E-state index is -2.85. The number of ether oxygens (including phenoxy) is 2. The van der Waals surface area contributed by atoms with Gasteiger partial charge in [-0.3, -0.25) is 0 Å². The lowest BCUT2D eigenvalue weighted by Crippen LogP contribution is -2.04. The molecule has 0 aromatic heterocycles. The molecule has 3 nitrogen and oxygen atoms in total. The fraction of sp³-hybridized carbons (Fsp3) is 0.455. The van der Waals surface area contributed by atoms with Crippen LogP contribution in [0.3, 0.4) is 0 Å². The molecule has 0 radical (unpaired) electrons. The summed E-state index contributed by atoms with van der Waals surface area (Å²) in [5.41, 5.74) is 6.37. The van der Waals surface area contributed by atoms with Gasteiger partial charge in [-0.05, 0) is 17.7 Å². The second-order valence-corrected chi connectivity index (χ2v) is 4.31. The van der Waals surface area contributed by atoms with Gasteiger partial charge >= 0.3 is 6.61 Å². The molecule has 0 saturated carbocycles. The molecule has 1 aromatic rings. The highest BCUT2D eigenvalue weighted by Crippen LogP contribution is 2.30. The lowest BCUT2D eigenvalue weighted by Gasteiger charge is -2.11. The van der Waals surface area contributed by atoms with Crippen LogP contribution in [0, 0.1) is 0 Å². The van der Waals surface area contributed by atoms with Gasteiger partial charge in [0.25, 0.3) is 0 Å². The highest BCUT2D eigenvalue weighted by Gasteiger charge is 2.10. The topological polar surface area (TPSA) is 44.5 Å². The Kier molecular flexibility index (Phi) is 6.07. The van der Waals surface area contributed by atoms with E-state index in [0.29, 0.717) is 12.3 Å². The third-order valence-corrected chi connectivity index (χ3v) is 3.04. The zero-order valence-corrected chi connectivity index (χ0v) is 10.3.